The summed E-state index contributed by atoms with van der Waals surface area (Å²) in [7, 11) is 1.71. The number of hydrogen-bond acceptors (Lipinski definition) is 2. The Balaban J connectivity index is 0.000000561. The summed E-state index contributed by atoms with van der Waals surface area (Å²) in [4.78, 5) is 15.0. The average molecular weight is 188 g/mol. The van der Waals surface area contributed by atoms with Crippen LogP contribution in [0.15, 0.2) is 0 Å². The Bertz CT molecular complexity index is 182. The molecule has 0 saturated carbocycles. The maximum atomic E-state index is 11.1. The molecule has 0 unspecified atom stereocenters. The Morgan fingerprint density at radius 3 is 2.17 bits per heavy atom. The predicted molar refractivity (Wildman–Crippen MR) is 54.4 cm³/mol. The monoisotopic (exact) mass is 188 g/mol. The summed E-state index contributed by atoms with van der Waals surface area (Å²) in [6, 6.07) is 0.0208. The molecule has 2 amide bonds. The molecule has 1 fully saturated rings. The van der Waals surface area contributed by atoms with E-state index in [4.69, 9.17) is 12.2 Å². The van der Waals surface area contributed by atoms with Crippen molar-refractivity contribution < 1.29 is 4.79 Å². The van der Waals surface area contributed by atoms with Crippen LogP contribution in [-0.4, -0.2) is 41.0 Å². The molecule has 0 bridgehead atoms. The molecule has 0 aliphatic carbocycles. The molecule has 1 aliphatic rings. The summed E-state index contributed by atoms with van der Waals surface area (Å²) < 4.78 is 0. The molecule has 12 heavy (non-hydrogen) atoms. The highest BCUT2D eigenvalue weighted by atomic mass is 32.1. The van der Waals surface area contributed by atoms with Gasteiger partial charge in [-0.05, 0) is 6.92 Å². The zero-order valence-corrected chi connectivity index (χ0v) is 8.94. The van der Waals surface area contributed by atoms with Gasteiger partial charge in [-0.1, -0.05) is 26.1 Å². The molecule has 0 radical (unpaired) electrons. The van der Waals surface area contributed by atoms with E-state index >= 15 is 0 Å². The van der Waals surface area contributed by atoms with Gasteiger partial charge in [0.1, 0.15) is 4.99 Å². The van der Waals surface area contributed by atoms with Crippen LogP contribution in [0.4, 0.5) is 4.79 Å². The maximum Gasteiger partial charge on any atom is 0.325 e. The Morgan fingerprint density at radius 1 is 1.50 bits per heavy atom. The minimum absolute atomic E-state index is 0.0208. The highest BCUT2D eigenvalue weighted by molar-refractivity contribution is 7.80. The molecule has 0 aromatic rings. The van der Waals surface area contributed by atoms with Gasteiger partial charge >= 0.3 is 6.03 Å². The largest absolute Gasteiger partial charge is 0.325 e. The van der Waals surface area contributed by atoms with Crippen LogP contribution in [0.5, 0.6) is 0 Å². The second-order valence-corrected chi connectivity index (χ2v) is 2.72. The molecule has 0 spiro atoms. The van der Waals surface area contributed by atoms with E-state index in [1.165, 1.54) is 4.90 Å². The van der Waals surface area contributed by atoms with E-state index < -0.39 is 0 Å². The Kier molecular flexibility index (Phi) is 4.81. The molecule has 70 valence electrons. The van der Waals surface area contributed by atoms with Crippen molar-refractivity contribution in [3.8, 4) is 0 Å². The quantitative estimate of drug-likeness (QED) is 0.585. The first-order valence-electron chi connectivity index (χ1n) is 4.22. The topological polar surface area (TPSA) is 23.6 Å². The van der Waals surface area contributed by atoms with E-state index in [0.29, 0.717) is 11.5 Å². The first kappa shape index (κ1) is 11.4. The first-order chi connectivity index (χ1) is 5.66. The number of amides is 2. The zero-order chi connectivity index (χ0) is 9.72. The summed E-state index contributed by atoms with van der Waals surface area (Å²) in [5.41, 5.74) is 0. The van der Waals surface area contributed by atoms with Crippen molar-refractivity contribution in [3.63, 3.8) is 0 Å². The van der Waals surface area contributed by atoms with Crippen molar-refractivity contribution in [2.75, 3.05) is 20.1 Å². The van der Waals surface area contributed by atoms with Gasteiger partial charge in [-0.2, -0.15) is 0 Å². The Morgan fingerprint density at radius 2 is 2.00 bits per heavy atom. The van der Waals surface area contributed by atoms with Crippen molar-refractivity contribution in [2.24, 2.45) is 0 Å². The number of carbonyl (C=O) groups excluding carboxylic acids is 1. The highest BCUT2D eigenvalue weighted by Gasteiger charge is 2.28. The Hall–Kier alpha value is -0.640. The first-order valence-corrected chi connectivity index (χ1v) is 4.63. The van der Waals surface area contributed by atoms with Crippen molar-refractivity contribution in [2.45, 2.75) is 20.8 Å². The molecule has 4 heteroatoms. The van der Waals surface area contributed by atoms with Crippen LogP contribution in [-0.2, 0) is 0 Å². The van der Waals surface area contributed by atoms with Crippen LogP contribution < -0.4 is 0 Å². The lowest BCUT2D eigenvalue weighted by Gasteiger charge is -2.10. The van der Waals surface area contributed by atoms with Crippen LogP contribution in [0.3, 0.4) is 0 Å². The van der Waals surface area contributed by atoms with Gasteiger partial charge in [0.25, 0.3) is 0 Å². The number of carbonyl (C=O) groups is 1. The van der Waals surface area contributed by atoms with Crippen LogP contribution in [0, 0.1) is 0 Å². The van der Waals surface area contributed by atoms with Crippen molar-refractivity contribution in [3.05, 3.63) is 0 Å². The van der Waals surface area contributed by atoms with Gasteiger partial charge in [-0.15, -0.1) is 0 Å². The molecule has 0 N–H and O–H groups in total. The van der Waals surface area contributed by atoms with Gasteiger partial charge in [-0.3, -0.25) is 4.90 Å². The summed E-state index contributed by atoms with van der Waals surface area (Å²) in [5, 5.41) is 0. The van der Waals surface area contributed by atoms with Crippen LogP contribution in [0.25, 0.3) is 0 Å². The van der Waals surface area contributed by atoms with Gasteiger partial charge in [0.05, 0.1) is 6.54 Å². The predicted octanol–water partition coefficient (Wildman–Crippen LogP) is 1.73. The van der Waals surface area contributed by atoms with Gasteiger partial charge in [-0.25, -0.2) is 4.79 Å². The van der Waals surface area contributed by atoms with Gasteiger partial charge in [0.15, 0.2) is 0 Å². The molecule has 0 aromatic carbocycles. The normalized spacial score (nSPS) is 16.3. The number of rotatable bonds is 1. The second kappa shape index (κ2) is 5.09. The summed E-state index contributed by atoms with van der Waals surface area (Å²) in [6.07, 6.45) is 0. The molecular weight excluding hydrogens is 172 g/mol. The van der Waals surface area contributed by atoms with Crippen molar-refractivity contribution >= 4 is 23.2 Å². The van der Waals surface area contributed by atoms with Crippen LogP contribution in [0.2, 0.25) is 0 Å². The molecule has 1 rings (SSSR count). The fourth-order valence-corrected chi connectivity index (χ4v) is 1.14. The van der Waals surface area contributed by atoms with Gasteiger partial charge in [0.2, 0.25) is 0 Å². The van der Waals surface area contributed by atoms with Crippen LogP contribution in [0.1, 0.15) is 20.8 Å². The zero-order valence-electron chi connectivity index (χ0n) is 8.13. The molecular formula is C8H16N2OS. The molecule has 3 nitrogen and oxygen atoms in total. The third kappa shape index (κ3) is 2.17. The average Bonchev–Trinajstić information content (AvgIpc) is 2.36. The number of urea groups is 1. The number of likely N-dealkylation sites (N-methyl/N-ethyl adjacent to an activating group) is 2. The smallest absolute Gasteiger partial charge is 0.318 e. The summed E-state index contributed by atoms with van der Waals surface area (Å²) in [6.45, 7) is 7.30. The fourth-order valence-electron chi connectivity index (χ4n) is 0.903. The van der Waals surface area contributed by atoms with Gasteiger partial charge < -0.3 is 4.90 Å². The standard InChI is InChI=1S/C6H10N2OS.C2H6/c1-3-8-4-5(10)7(2)6(8)9;1-2/h3-4H2,1-2H3;1-2H3. The third-order valence-corrected chi connectivity index (χ3v) is 2.04. The fraction of sp³-hybridized carbons (Fsp3) is 0.750. The van der Waals surface area contributed by atoms with E-state index in [1.54, 1.807) is 11.9 Å². The Labute approximate surface area is 79.3 Å². The molecule has 0 atom stereocenters. The molecule has 1 heterocycles. The summed E-state index contributed by atoms with van der Waals surface area (Å²) in [5.74, 6) is 0. The van der Waals surface area contributed by atoms with Crippen molar-refractivity contribution in [1.29, 1.82) is 0 Å². The number of thiocarbonyl (C=S) groups is 1. The third-order valence-electron chi connectivity index (χ3n) is 1.64. The molecule has 1 saturated heterocycles. The molecule has 1 aliphatic heterocycles. The lowest BCUT2D eigenvalue weighted by atomic mass is 10.6. The van der Waals surface area contributed by atoms with E-state index in [0.717, 1.165) is 6.54 Å². The van der Waals surface area contributed by atoms with E-state index in [-0.39, 0.29) is 6.03 Å². The SMILES string of the molecule is CC.CCN1CC(=S)N(C)C1=O. The number of nitrogens with zero attached hydrogens (tertiary/aromatic N) is 2. The lowest BCUT2D eigenvalue weighted by Crippen LogP contribution is -2.29. The number of hydrogen-bond donors (Lipinski definition) is 0. The van der Waals surface area contributed by atoms with E-state index in [1.807, 2.05) is 20.8 Å². The summed E-state index contributed by atoms with van der Waals surface area (Å²) >= 11 is 4.93. The molecule has 0 aromatic heterocycles. The second-order valence-electron chi connectivity index (χ2n) is 2.25. The maximum absolute atomic E-state index is 11.1. The van der Waals surface area contributed by atoms with Crippen LogP contribution >= 0.6 is 12.2 Å². The highest BCUT2D eigenvalue weighted by Crippen LogP contribution is 2.07. The van der Waals surface area contributed by atoms with E-state index in [2.05, 4.69) is 0 Å². The van der Waals surface area contributed by atoms with E-state index in [9.17, 15) is 4.79 Å². The van der Waals surface area contributed by atoms with Crippen molar-refractivity contribution in [1.82, 2.24) is 9.80 Å². The lowest BCUT2D eigenvalue weighted by molar-refractivity contribution is 0.203. The minimum atomic E-state index is 0.0208. The van der Waals surface area contributed by atoms with Gasteiger partial charge in [0, 0.05) is 13.6 Å². The minimum Gasteiger partial charge on any atom is -0.318 e.